The molecule has 0 aliphatic carbocycles. The van der Waals surface area contributed by atoms with Crippen LogP contribution in [0.25, 0.3) is 0 Å². The highest BCUT2D eigenvalue weighted by molar-refractivity contribution is 7.91. The van der Waals surface area contributed by atoms with E-state index in [1.807, 2.05) is 6.07 Å². The smallest absolute Gasteiger partial charge is 0.250 e. The molecule has 0 bridgehead atoms. The Bertz CT molecular complexity index is 1080. The van der Waals surface area contributed by atoms with E-state index in [1.165, 1.54) is 11.0 Å². The van der Waals surface area contributed by atoms with Crippen LogP contribution in [0.5, 0.6) is 0 Å². The van der Waals surface area contributed by atoms with Gasteiger partial charge in [-0.05, 0) is 41.3 Å². The van der Waals surface area contributed by atoms with Gasteiger partial charge in [-0.3, -0.25) is 9.78 Å². The number of aromatic nitrogens is 1. The number of sulfonamides is 1. The van der Waals surface area contributed by atoms with Gasteiger partial charge in [-0.1, -0.05) is 41.4 Å². The summed E-state index contributed by atoms with van der Waals surface area (Å²) >= 11 is 13.1. The maximum atomic E-state index is 12.8. The molecule has 0 saturated heterocycles. The number of benzene rings is 1. The molecule has 0 unspecified atom stereocenters. The molecule has 0 aliphatic rings. The predicted molar refractivity (Wildman–Crippen MR) is 114 cm³/mol. The molecule has 0 atom stereocenters. The van der Waals surface area contributed by atoms with Gasteiger partial charge in [0.05, 0.1) is 28.8 Å². The second-order valence-electron chi connectivity index (χ2n) is 6.08. The zero-order valence-corrected chi connectivity index (χ0v) is 18.2. The number of amides is 1. The molecule has 3 rings (SSSR count). The van der Waals surface area contributed by atoms with Gasteiger partial charge in [0, 0.05) is 12.7 Å². The average Bonchev–Trinajstić information content (AvgIpc) is 3.25. The molecule has 1 N–H and O–H groups in total. The number of pyridine rings is 1. The summed E-state index contributed by atoms with van der Waals surface area (Å²) in [6.45, 7) is 0.0854. The normalized spacial score (nSPS) is 11.4. The molecule has 2 heterocycles. The molecule has 1 aromatic carbocycles. The zero-order chi connectivity index (χ0) is 20.9. The molecule has 2 aromatic heterocycles. The lowest BCUT2D eigenvalue weighted by atomic mass is 10.2. The molecular weight excluding hydrogens is 453 g/mol. The van der Waals surface area contributed by atoms with Crippen molar-refractivity contribution in [2.75, 3.05) is 6.54 Å². The van der Waals surface area contributed by atoms with E-state index in [-0.39, 0.29) is 29.8 Å². The molecule has 3 aromatic rings. The Morgan fingerprint density at radius 2 is 1.90 bits per heavy atom. The molecule has 152 valence electrons. The molecule has 6 nitrogen and oxygen atoms in total. The maximum Gasteiger partial charge on any atom is 0.250 e. The van der Waals surface area contributed by atoms with Crippen molar-refractivity contribution < 1.29 is 13.2 Å². The number of halogens is 2. The summed E-state index contributed by atoms with van der Waals surface area (Å²) in [5.74, 6) is -0.387. The van der Waals surface area contributed by atoms with Gasteiger partial charge in [0.25, 0.3) is 10.0 Å². The third-order valence-electron chi connectivity index (χ3n) is 3.96. The van der Waals surface area contributed by atoms with Gasteiger partial charge in [0.15, 0.2) is 0 Å². The fraction of sp³-hybridized carbons (Fsp3) is 0.158. The Hall–Kier alpha value is -1.97. The van der Waals surface area contributed by atoms with Gasteiger partial charge in [-0.15, -0.1) is 11.3 Å². The minimum absolute atomic E-state index is 0.158. The Morgan fingerprint density at radius 1 is 1.07 bits per heavy atom. The van der Waals surface area contributed by atoms with Crippen molar-refractivity contribution in [3.8, 4) is 0 Å². The number of carbonyl (C=O) groups excluding carboxylic acids is 1. The van der Waals surface area contributed by atoms with Gasteiger partial charge in [0.1, 0.15) is 4.21 Å². The summed E-state index contributed by atoms with van der Waals surface area (Å²) in [5, 5.41) is 2.46. The second-order valence-corrected chi connectivity index (χ2v) is 9.83. The van der Waals surface area contributed by atoms with Gasteiger partial charge in [-0.25, -0.2) is 13.1 Å². The van der Waals surface area contributed by atoms with Gasteiger partial charge in [-0.2, -0.15) is 0 Å². The fourth-order valence-corrected chi connectivity index (χ4v) is 4.87. The van der Waals surface area contributed by atoms with Crippen molar-refractivity contribution in [3.63, 3.8) is 0 Å². The van der Waals surface area contributed by atoms with E-state index in [1.54, 1.807) is 48.0 Å². The highest BCUT2D eigenvalue weighted by Gasteiger charge is 2.20. The van der Waals surface area contributed by atoms with Crippen molar-refractivity contribution >= 4 is 50.5 Å². The Morgan fingerprint density at radius 3 is 2.55 bits per heavy atom. The van der Waals surface area contributed by atoms with Gasteiger partial charge >= 0.3 is 0 Å². The van der Waals surface area contributed by atoms with E-state index in [0.29, 0.717) is 15.7 Å². The first-order chi connectivity index (χ1) is 13.8. The van der Waals surface area contributed by atoms with Crippen LogP contribution >= 0.6 is 34.5 Å². The Kier molecular flexibility index (Phi) is 7.26. The van der Waals surface area contributed by atoms with E-state index < -0.39 is 10.0 Å². The maximum absolute atomic E-state index is 12.8. The topological polar surface area (TPSA) is 79.4 Å². The van der Waals surface area contributed by atoms with Crippen molar-refractivity contribution in [3.05, 3.63) is 81.4 Å². The minimum Gasteiger partial charge on any atom is -0.331 e. The van der Waals surface area contributed by atoms with Crippen molar-refractivity contribution in [2.24, 2.45) is 0 Å². The molecule has 0 spiro atoms. The number of hydrogen-bond donors (Lipinski definition) is 1. The van der Waals surface area contributed by atoms with Crippen LogP contribution in [0.3, 0.4) is 0 Å². The molecular formula is C19H17Cl2N3O3S2. The van der Waals surface area contributed by atoms with Crippen LogP contribution in [0.4, 0.5) is 0 Å². The lowest BCUT2D eigenvalue weighted by Crippen LogP contribution is -2.39. The lowest BCUT2D eigenvalue weighted by molar-refractivity contribution is -0.131. The van der Waals surface area contributed by atoms with Crippen molar-refractivity contribution in [2.45, 2.75) is 17.3 Å². The van der Waals surface area contributed by atoms with Crippen LogP contribution in [0.1, 0.15) is 11.3 Å². The largest absolute Gasteiger partial charge is 0.331 e. The van der Waals surface area contributed by atoms with Gasteiger partial charge < -0.3 is 4.90 Å². The first-order valence-electron chi connectivity index (χ1n) is 8.50. The molecule has 1 amide bonds. The van der Waals surface area contributed by atoms with Gasteiger partial charge in [0.2, 0.25) is 5.91 Å². The van der Waals surface area contributed by atoms with Crippen LogP contribution < -0.4 is 4.72 Å². The SMILES string of the molecule is O=C(CNS(=O)(=O)c1cccs1)N(Cc1ccc(Cl)c(Cl)c1)Cc1ccccn1. The van der Waals surface area contributed by atoms with Crippen LogP contribution in [0.15, 0.2) is 64.3 Å². The van der Waals surface area contributed by atoms with E-state index in [0.717, 1.165) is 16.9 Å². The summed E-state index contributed by atoms with van der Waals surface area (Å²) in [6.07, 6.45) is 1.64. The quantitative estimate of drug-likeness (QED) is 0.541. The zero-order valence-electron chi connectivity index (χ0n) is 15.1. The Labute approximate surface area is 183 Å². The summed E-state index contributed by atoms with van der Waals surface area (Å²) < 4.78 is 27.1. The number of carbonyl (C=O) groups is 1. The molecule has 10 heteroatoms. The van der Waals surface area contributed by atoms with Crippen LogP contribution in [-0.2, 0) is 27.9 Å². The fourth-order valence-electron chi connectivity index (χ4n) is 2.53. The molecule has 0 fully saturated rings. The average molecular weight is 470 g/mol. The lowest BCUT2D eigenvalue weighted by Gasteiger charge is -2.23. The summed E-state index contributed by atoms with van der Waals surface area (Å²) in [6, 6.07) is 13.6. The molecule has 0 aliphatic heterocycles. The minimum atomic E-state index is -3.74. The third-order valence-corrected chi connectivity index (χ3v) is 7.50. The first kappa shape index (κ1) is 21.7. The van der Waals surface area contributed by atoms with Crippen LogP contribution in [-0.4, -0.2) is 30.8 Å². The van der Waals surface area contributed by atoms with E-state index in [9.17, 15) is 13.2 Å². The third kappa shape index (κ3) is 6.01. The predicted octanol–water partition coefficient (Wildman–Crippen LogP) is 3.96. The summed E-state index contributed by atoms with van der Waals surface area (Å²) in [7, 11) is -3.74. The highest BCUT2D eigenvalue weighted by atomic mass is 35.5. The van der Waals surface area contributed by atoms with E-state index >= 15 is 0 Å². The Balaban J connectivity index is 1.76. The second kappa shape index (κ2) is 9.69. The highest BCUT2D eigenvalue weighted by Crippen LogP contribution is 2.23. The monoisotopic (exact) mass is 469 g/mol. The number of hydrogen-bond acceptors (Lipinski definition) is 5. The van der Waals surface area contributed by atoms with Crippen molar-refractivity contribution in [1.82, 2.24) is 14.6 Å². The number of nitrogens with zero attached hydrogens (tertiary/aromatic N) is 2. The van der Waals surface area contributed by atoms with Crippen LogP contribution in [0.2, 0.25) is 10.0 Å². The number of rotatable bonds is 8. The summed E-state index contributed by atoms with van der Waals surface area (Å²) in [4.78, 5) is 18.6. The van der Waals surface area contributed by atoms with Crippen molar-refractivity contribution in [1.29, 1.82) is 0 Å². The molecule has 29 heavy (non-hydrogen) atoms. The molecule has 0 saturated carbocycles. The number of thiophene rings is 1. The number of nitrogens with one attached hydrogen (secondary N) is 1. The summed E-state index contributed by atoms with van der Waals surface area (Å²) in [5.41, 5.74) is 1.45. The van der Waals surface area contributed by atoms with Crippen LogP contribution in [0, 0.1) is 0 Å². The van der Waals surface area contributed by atoms with E-state index in [2.05, 4.69) is 9.71 Å². The first-order valence-corrected chi connectivity index (χ1v) is 11.6. The molecule has 0 radical (unpaired) electrons. The standard InChI is InChI=1S/C19H17Cl2N3O3S2/c20-16-7-6-14(10-17(16)21)12-24(13-15-4-1-2-8-22-15)18(25)11-23-29(26,27)19-5-3-9-28-19/h1-10,23H,11-13H2. The van der Waals surface area contributed by atoms with E-state index in [4.69, 9.17) is 23.2 Å².